The van der Waals surface area contributed by atoms with Crippen LogP contribution in [0, 0.1) is 10.1 Å². The largest absolute Gasteiger partial charge is 0.573 e. The number of ether oxygens (including phenoxy) is 3. The Morgan fingerprint density at radius 2 is 2.06 bits per heavy atom. The molecule has 186 valence electrons. The number of benzene rings is 2. The van der Waals surface area contributed by atoms with Gasteiger partial charge in [0, 0.05) is 32.0 Å². The molecule has 1 unspecified atom stereocenters. The monoisotopic (exact) mass is 492 g/mol. The number of nitro groups is 1. The van der Waals surface area contributed by atoms with E-state index in [0.717, 1.165) is 17.7 Å². The molecule has 1 aliphatic rings. The minimum Gasteiger partial charge on any atom is -0.482 e. The molecule has 0 bridgehead atoms. The van der Waals surface area contributed by atoms with E-state index in [1.165, 1.54) is 0 Å². The molecule has 0 aliphatic carbocycles. The molecule has 2 heterocycles. The standard InChI is InChI=1S/C23H23F3N4O5/c1-16(33-21-8-7-18(35-23(24,25)26)11-20(21)30(31)32)12-28(13-17-5-3-2-4-6-17)14-19-15-29-10-9-27-22(29)34-19/h2-11,16,19H,12-15H2,1H3/t16?,19-/m0/s1. The van der Waals surface area contributed by atoms with E-state index in [9.17, 15) is 23.3 Å². The predicted molar refractivity (Wildman–Crippen MR) is 118 cm³/mol. The van der Waals surface area contributed by atoms with Gasteiger partial charge in [-0.05, 0) is 24.6 Å². The van der Waals surface area contributed by atoms with Gasteiger partial charge in [-0.2, -0.15) is 0 Å². The molecule has 4 rings (SSSR count). The number of hydrogen-bond acceptors (Lipinski definition) is 7. The van der Waals surface area contributed by atoms with Crippen LogP contribution >= 0.6 is 0 Å². The van der Waals surface area contributed by atoms with Crippen molar-refractivity contribution < 1.29 is 32.3 Å². The first-order valence-electron chi connectivity index (χ1n) is 10.8. The van der Waals surface area contributed by atoms with Gasteiger partial charge in [0.2, 0.25) is 0 Å². The van der Waals surface area contributed by atoms with Crippen molar-refractivity contribution in [3.8, 4) is 17.5 Å². The van der Waals surface area contributed by atoms with Gasteiger partial charge in [-0.1, -0.05) is 30.3 Å². The minimum atomic E-state index is -4.96. The van der Waals surface area contributed by atoms with Crippen LogP contribution in [0.4, 0.5) is 18.9 Å². The Morgan fingerprint density at radius 1 is 1.29 bits per heavy atom. The number of halogens is 3. The van der Waals surface area contributed by atoms with Crippen LogP contribution in [0.2, 0.25) is 0 Å². The topological polar surface area (TPSA) is 91.9 Å². The van der Waals surface area contributed by atoms with Gasteiger partial charge in [-0.25, -0.2) is 4.98 Å². The summed E-state index contributed by atoms with van der Waals surface area (Å²) in [4.78, 5) is 16.9. The third-order valence-corrected chi connectivity index (χ3v) is 5.26. The number of hydrogen-bond donors (Lipinski definition) is 0. The number of imidazole rings is 1. The molecule has 35 heavy (non-hydrogen) atoms. The van der Waals surface area contributed by atoms with E-state index in [-0.39, 0.29) is 11.9 Å². The van der Waals surface area contributed by atoms with Crippen LogP contribution < -0.4 is 14.2 Å². The number of fused-ring (bicyclic) bond motifs is 1. The summed E-state index contributed by atoms with van der Waals surface area (Å²) in [5.74, 6) is -0.834. The molecule has 0 N–H and O–H groups in total. The maximum atomic E-state index is 12.5. The van der Waals surface area contributed by atoms with Gasteiger partial charge in [0.1, 0.15) is 18.0 Å². The lowest BCUT2D eigenvalue weighted by Crippen LogP contribution is -2.40. The number of aromatic nitrogens is 2. The van der Waals surface area contributed by atoms with Crippen molar-refractivity contribution in [3.05, 3.63) is 76.6 Å². The normalized spacial score (nSPS) is 16.0. The summed E-state index contributed by atoms with van der Waals surface area (Å²) in [5, 5.41) is 11.5. The molecule has 12 heteroatoms. The Kier molecular flexibility index (Phi) is 7.10. The van der Waals surface area contributed by atoms with E-state index in [0.29, 0.717) is 38.3 Å². The summed E-state index contributed by atoms with van der Waals surface area (Å²) in [5.41, 5.74) is 0.452. The molecule has 2 atom stereocenters. The fraction of sp³-hybridized carbons (Fsp3) is 0.348. The first-order valence-corrected chi connectivity index (χ1v) is 10.8. The van der Waals surface area contributed by atoms with Crippen molar-refractivity contribution in [2.45, 2.75) is 38.6 Å². The molecular formula is C23H23F3N4O5. The molecule has 0 spiro atoms. The highest BCUT2D eigenvalue weighted by Crippen LogP contribution is 2.34. The van der Waals surface area contributed by atoms with E-state index in [1.807, 2.05) is 41.1 Å². The minimum absolute atomic E-state index is 0.136. The SMILES string of the molecule is CC(CN(Cc1ccccc1)C[C@H]1Cn2ccnc2O1)Oc1ccc(OC(F)(F)F)cc1[N+](=O)[O-]. The average Bonchev–Trinajstić information content (AvgIpc) is 3.36. The van der Waals surface area contributed by atoms with Gasteiger partial charge in [0.25, 0.3) is 6.01 Å². The molecule has 1 aliphatic heterocycles. The lowest BCUT2D eigenvalue weighted by atomic mass is 10.2. The van der Waals surface area contributed by atoms with Crippen LogP contribution in [-0.4, -0.2) is 51.0 Å². The van der Waals surface area contributed by atoms with Crippen molar-refractivity contribution >= 4 is 5.69 Å². The summed E-state index contributed by atoms with van der Waals surface area (Å²) in [6.07, 6.45) is -2.11. The molecular weight excluding hydrogens is 469 g/mol. The van der Waals surface area contributed by atoms with E-state index >= 15 is 0 Å². The van der Waals surface area contributed by atoms with Gasteiger partial charge >= 0.3 is 12.0 Å². The molecule has 0 saturated carbocycles. The van der Waals surface area contributed by atoms with Gasteiger partial charge in [0.05, 0.1) is 17.5 Å². The zero-order valence-corrected chi connectivity index (χ0v) is 18.7. The highest BCUT2D eigenvalue weighted by atomic mass is 19.4. The van der Waals surface area contributed by atoms with Gasteiger partial charge in [-0.3, -0.25) is 19.6 Å². The molecule has 0 saturated heterocycles. The van der Waals surface area contributed by atoms with E-state index in [4.69, 9.17) is 9.47 Å². The Labute approximate surface area is 198 Å². The van der Waals surface area contributed by atoms with Crippen molar-refractivity contribution in [3.63, 3.8) is 0 Å². The number of rotatable bonds is 10. The maximum Gasteiger partial charge on any atom is 0.573 e. The van der Waals surface area contributed by atoms with Gasteiger partial charge in [0.15, 0.2) is 5.75 Å². The second kappa shape index (κ2) is 10.2. The van der Waals surface area contributed by atoms with Crippen molar-refractivity contribution in [2.75, 3.05) is 13.1 Å². The van der Waals surface area contributed by atoms with E-state index in [1.54, 1.807) is 13.1 Å². The maximum absolute atomic E-state index is 12.5. The smallest absolute Gasteiger partial charge is 0.482 e. The highest BCUT2D eigenvalue weighted by Gasteiger charge is 2.32. The van der Waals surface area contributed by atoms with Crippen LogP contribution in [0.5, 0.6) is 17.5 Å². The van der Waals surface area contributed by atoms with Crippen LogP contribution in [0.3, 0.4) is 0 Å². The Hall–Kier alpha value is -3.80. The summed E-state index contributed by atoms with van der Waals surface area (Å²) >= 11 is 0. The van der Waals surface area contributed by atoms with Crippen molar-refractivity contribution in [2.24, 2.45) is 0 Å². The number of alkyl halides is 3. The predicted octanol–water partition coefficient (Wildman–Crippen LogP) is 4.42. The Balaban J connectivity index is 1.45. The van der Waals surface area contributed by atoms with E-state index in [2.05, 4.69) is 14.6 Å². The first-order chi connectivity index (χ1) is 16.7. The number of nitro benzene ring substituents is 1. The fourth-order valence-electron chi connectivity index (χ4n) is 3.94. The third kappa shape index (κ3) is 6.63. The Morgan fingerprint density at radius 3 is 2.74 bits per heavy atom. The molecule has 0 amide bonds. The lowest BCUT2D eigenvalue weighted by molar-refractivity contribution is -0.386. The fourth-order valence-corrected chi connectivity index (χ4v) is 3.94. The molecule has 9 nitrogen and oxygen atoms in total. The summed E-state index contributed by atoms with van der Waals surface area (Å²) in [6, 6.07) is 13.1. The van der Waals surface area contributed by atoms with Crippen LogP contribution in [0.15, 0.2) is 60.9 Å². The molecule has 0 fully saturated rings. The molecule has 2 aromatic carbocycles. The van der Waals surface area contributed by atoms with Crippen LogP contribution in [0.1, 0.15) is 12.5 Å². The zero-order valence-electron chi connectivity index (χ0n) is 18.7. The van der Waals surface area contributed by atoms with Crippen LogP contribution in [0.25, 0.3) is 0 Å². The third-order valence-electron chi connectivity index (χ3n) is 5.26. The van der Waals surface area contributed by atoms with E-state index < -0.39 is 28.8 Å². The first kappa shape index (κ1) is 24.3. The lowest BCUT2D eigenvalue weighted by Gasteiger charge is -2.28. The second-order valence-corrected chi connectivity index (χ2v) is 8.14. The Bertz CT molecular complexity index is 1140. The van der Waals surface area contributed by atoms with Gasteiger partial charge < -0.3 is 14.2 Å². The molecule has 1 aromatic heterocycles. The quantitative estimate of drug-likeness (QED) is 0.306. The summed E-state index contributed by atoms with van der Waals surface area (Å²) in [7, 11) is 0. The summed E-state index contributed by atoms with van der Waals surface area (Å²) < 4.78 is 54.9. The summed E-state index contributed by atoms with van der Waals surface area (Å²) in [6.45, 7) is 3.89. The van der Waals surface area contributed by atoms with Crippen molar-refractivity contribution in [1.82, 2.24) is 14.5 Å². The van der Waals surface area contributed by atoms with Gasteiger partial charge in [-0.15, -0.1) is 13.2 Å². The number of nitrogens with zero attached hydrogens (tertiary/aromatic N) is 4. The zero-order chi connectivity index (χ0) is 25.0. The highest BCUT2D eigenvalue weighted by molar-refractivity contribution is 5.51. The van der Waals surface area contributed by atoms with Crippen molar-refractivity contribution in [1.29, 1.82) is 0 Å². The molecule has 0 radical (unpaired) electrons. The molecule has 3 aromatic rings. The average molecular weight is 492 g/mol. The van der Waals surface area contributed by atoms with Crippen LogP contribution in [-0.2, 0) is 13.1 Å². The second-order valence-electron chi connectivity index (χ2n) is 8.14.